The van der Waals surface area contributed by atoms with E-state index in [-0.39, 0.29) is 18.0 Å². The summed E-state index contributed by atoms with van der Waals surface area (Å²) in [6.45, 7) is 0.672. The van der Waals surface area contributed by atoms with Gasteiger partial charge in [0.05, 0.1) is 9.88 Å². The summed E-state index contributed by atoms with van der Waals surface area (Å²) >= 11 is 1.50. The van der Waals surface area contributed by atoms with Crippen LogP contribution < -0.4 is 11.1 Å². The van der Waals surface area contributed by atoms with Crippen molar-refractivity contribution in [2.45, 2.75) is 50.0 Å². The molecule has 1 unspecified atom stereocenters. The first-order chi connectivity index (χ1) is 13.0. The maximum absolute atomic E-state index is 13.3. The van der Waals surface area contributed by atoms with Crippen molar-refractivity contribution in [3.63, 3.8) is 0 Å². The molecule has 1 atom stereocenters. The first-order valence-corrected chi connectivity index (χ1v) is 10.1. The molecule has 27 heavy (non-hydrogen) atoms. The van der Waals surface area contributed by atoms with Gasteiger partial charge in [0, 0.05) is 12.3 Å². The third kappa shape index (κ3) is 3.66. The second-order valence-corrected chi connectivity index (χ2v) is 8.47. The monoisotopic (exact) mass is 387 g/mol. The summed E-state index contributed by atoms with van der Waals surface area (Å²) in [5.74, 6) is -0.589. The zero-order chi connectivity index (χ0) is 19.0. The summed E-state index contributed by atoms with van der Waals surface area (Å²) in [4.78, 5) is 30.6. The molecule has 1 saturated heterocycles. The molecule has 5 nitrogen and oxygen atoms in total. The Labute approximate surface area is 161 Å². The van der Waals surface area contributed by atoms with E-state index in [1.54, 1.807) is 12.1 Å². The standard InChI is InChI=1S/C20H22FN3O2S/c21-14-7-5-12(6-8-14)17-16(24-18(27-17)13-3-4-13)15(25)11-20(19(22)26)9-1-2-10-23-20/h5-8,13,23H,1-4,9-11H2,(H2,22,26). The fourth-order valence-corrected chi connectivity index (χ4v) is 4.86. The Kier molecular flexibility index (Phi) is 4.82. The molecule has 4 rings (SSSR count). The number of aromatic nitrogens is 1. The number of rotatable bonds is 6. The number of primary amides is 1. The molecule has 0 bridgehead atoms. The average molecular weight is 387 g/mol. The van der Waals surface area contributed by atoms with Crippen LogP contribution in [0.3, 0.4) is 0 Å². The number of Topliss-reactive ketones (excluding diaryl/α,β-unsaturated/α-hetero) is 1. The van der Waals surface area contributed by atoms with Gasteiger partial charge in [-0.25, -0.2) is 9.37 Å². The van der Waals surface area contributed by atoms with E-state index in [9.17, 15) is 14.0 Å². The topological polar surface area (TPSA) is 85.1 Å². The average Bonchev–Trinajstić information content (AvgIpc) is 3.41. The molecule has 2 heterocycles. The smallest absolute Gasteiger partial charge is 0.238 e. The van der Waals surface area contributed by atoms with Gasteiger partial charge in [-0.1, -0.05) is 12.1 Å². The Bertz CT molecular complexity index is 868. The van der Waals surface area contributed by atoms with Crippen LogP contribution in [0.15, 0.2) is 24.3 Å². The lowest BCUT2D eigenvalue weighted by Gasteiger charge is -2.34. The van der Waals surface area contributed by atoms with Gasteiger partial charge in [0.15, 0.2) is 5.78 Å². The highest BCUT2D eigenvalue weighted by Crippen LogP contribution is 2.45. The van der Waals surface area contributed by atoms with E-state index in [1.165, 1.54) is 23.5 Å². The predicted octanol–water partition coefficient (Wildman–Crippen LogP) is 3.40. The maximum Gasteiger partial charge on any atom is 0.238 e. The molecule has 2 aliphatic rings. The molecule has 1 aliphatic carbocycles. The summed E-state index contributed by atoms with van der Waals surface area (Å²) in [5.41, 5.74) is 5.79. The van der Waals surface area contributed by atoms with Crippen LogP contribution in [0.2, 0.25) is 0 Å². The molecule has 1 aromatic carbocycles. The highest BCUT2D eigenvalue weighted by Gasteiger charge is 2.41. The Morgan fingerprint density at radius 3 is 2.59 bits per heavy atom. The van der Waals surface area contributed by atoms with Crippen LogP contribution in [0.5, 0.6) is 0 Å². The van der Waals surface area contributed by atoms with E-state index in [1.807, 2.05) is 0 Å². The summed E-state index contributed by atoms with van der Waals surface area (Å²) in [7, 11) is 0. The van der Waals surface area contributed by atoms with Gasteiger partial charge in [0.1, 0.15) is 17.1 Å². The molecule has 3 N–H and O–H groups in total. The lowest BCUT2D eigenvalue weighted by Crippen LogP contribution is -2.58. The second kappa shape index (κ2) is 7.13. The van der Waals surface area contributed by atoms with Crippen molar-refractivity contribution in [3.8, 4) is 10.4 Å². The zero-order valence-electron chi connectivity index (χ0n) is 15.0. The number of carbonyl (C=O) groups is 2. The van der Waals surface area contributed by atoms with E-state index in [2.05, 4.69) is 10.3 Å². The van der Waals surface area contributed by atoms with E-state index >= 15 is 0 Å². The number of carbonyl (C=O) groups excluding carboxylic acids is 2. The minimum absolute atomic E-state index is 0.00433. The molecule has 1 aromatic heterocycles. The van der Waals surface area contributed by atoms with Crippen molar-refractivity contribution >= 4 is 23.0 Å². The van der Waals surface area contributed by atoms with Gasteiger partial charge in [-0.3, -0.25) is 9.59 Å². The first kappa shape index (κ1) is 18.3. The summed E-state index contributed by atoms with van der Waals surface area (Å²) in [5, 5.41) is 4.12. The van der Waals surface area contributed by atoms with Gasteiger partial charge < -0.3 is 11.1 Å². The van der Waals surface area contributed by atoms with Crippen molar-refractivity contribution in [3.05, 3.63) is 40.8 Å². The van der Waals surface area contributed by atoms with Gasteiger partial charge in [0.2, 0.25) is 5.91 Å². The number of amides is 1. The molecule has 1 amide bonds. The normalized spacial score (nSPS) is 22.6. The van der Waals surface area contributed by atoms with Crippen LogP contribution in [0, 0.1) is 5.82 Å². The predicted molar refractivity (Wildman–Crippen MR) is 102 cm³/mol. The van der Waals surface area contributed by atoms with Gasteiger partial charge >= 0.3 is 0 Å². The van der Waals surface area contributed by atoms with Crippen LogP contribution in [-0.4, -0.2) is 28.8 Å². The maximum atomic E-state index is 13.3. The second-order valence-electron chi connectivity index (χ2n) is 7.44. The number of ketones is 1. The molecule has 2 aromatic rings. The first-order valence-electron chi connectivity index (χ1n) is 9.33. The van der Waals surface area contributed by atoms with E-state index in [4.69, 9.17) is 5.73 Å². The lowest BCUT2D eigenvalue weighted by atomic mass is 9.83. The fraction of sp³-hybridized carbons (Fsp3) is 0.450. The number of nitrogens with zero attached hydrogens (tertiary/aromatic N) is 1. The number of benzene rings is 1. The van der Waals surface area contributed by atoms with Crippen molar-refractivity contribution in [2.75, 3.05) is 6.54 Å². The minimum atomic E-state index is -1.00. The molecule has 2 fully saturated rings. The van der Waals surface area contributed by atoms with Crippen LogP contribution in [0.25, 0.3) is 10.4 Å². The molecular formula is C20H22FN3O2S. The van der Waals surface area contributed by atoms with Gasteiger partial charge in [0.25, 0.3) is 0 Å². The van der Waals surface area contributed by atoms with Gasteiger partial charge in [-0.05, 0) is 56.3 Å². The van der Waals surface area contributed by atoms with Crippen molar-refractivity contribution in [2.24, 2.45) is 5.73 Å². The van der Waals surface area contributed by atoms with Crippen LogP contribution in [0.1, 0.15) is 59.9 Å². The summed E-state index contributed by atoms with van der Waals surface area (Å²) in [6, 6.07) is 6.10. The number of thiazole rings is 1. The zero-order valence-corrected chi connectivity index (χ0v) is 15.8. The lowest BCUT2D eigenvalue weighted by molar-refractivity contribution is -0.125. The third-order valence-electron chi connectivity index (χ3n) is 5.37. The Hall–Kier alpha value is -2.12. The van der Waals surface area contributed by atoms with E-state index in [0.717, 1.165) is 41.1 Å². The van der Waals surface area contributed by atoms with E-state index < -0.39 is 11.4 Å². The largest absolute Gasteiger partial charge is 0.368 e. The number of halogens is 1. The summed E-state index contributed by atoms with van der Waals surface area (Å²) in [6.07, 6.45) is 4.54. The SMILES string of the molecule is NC(=O)C1(CC(=O)c2nc(C3CC3)sc2-c2ccc(F)cc2)CCCCN1. The Balaban J connectivity index is 1.68. The molecule has 7 heteroatoms. The quantitative estimate of drug-likeness (QED) is 0.744. The van der Waals surface area contributed by atoms with Crippen molar-refractivity contribution in [1.82, 2.24) is 10.3 Å². The molecule has 1 aliphatic heterocycles. The number of piperidine rings is 1. The van der Waals surface area contributed by atoms with Crippen LogP contribution in [0.4, 0.5) is 4.39 Å². The Morgan fingerprint density at radius 1 is 1.26 bits per heavy atom. The number of hydrogen-bond acceptors (Lipinski definition) is 5. The van der Waals surface area contributed by atoms with Gasteiger partial charge in [-0.15, -0.1) is 11.3 Å². The molecule has 142 valence electrons. The third-order valence-corrected chi connectivity index (χ3v) is 6.64. The summed E-state index contributed by atoms with van der Waals surface area (Å²) < 4.78 is 13.3. The molecule has 1 saturated carbocycles. The van der Waals surface area contributed by atoms with Crippen LogP contribution >= 0.6 is 11.3 Å². The molecule has 0 radical (unpaired) electrons. The molecule has 0 spiro atoms. The number of hydrogen-bond donors (Lipinski definition) is 2. The fourth-order valence-electron chi connectivity index (χ4n) is 3.60. The number of nitrogens with two attached hydrogens (primary N) is 1. The van der Waals surface area contributed by atoms with Gasteiger partial charge in [-0.2, -0.15) is 0 Å². The highest BCUT2D eigenvalue weighted by atomic mass is 32.1. The minimum Gasteiger partial charge on any atom is -0.368 e. The van der Waals surface area contributed by atoms with Crippen molar-refractivity contribution < 1.29 is 14.0 Å². The van der Waals surface area contributed by atoms with Crippen molar-refractivity contribution in [1.29, 1.82) is 0 Å². The Morgan fingerprint density at radius 2 is 2.00 bits per heavy atom. The highest BCUT2D eigenvalue weighted by molar-refractivity contribution is 7.15. The van der Waals surface area contributed by atoms with Crippen LogP contribution in [-0.2, 0) is 4.79 Å². The molecular weight excluding hydrogens is 365 g/mol. The number of nitrogens with one attached hydrogen (secondary N) is 1. The van der Waals surface area contributed by atoms with E-state index in [0.29, 0.717) is 24.6 Å².